The summed E-state index contributed by atoms with van der Waals surface area (Å²) in [6, 6.07) is 8.19. The lowest BCUT2D eigenvalue weighted by molar-refractivity contribution is -0.304. The SMILES string of the molecule is CCCCCCCCCCCCN(CCCCCCCCCCCC)CCCOC1(CCN(CCCCCCCCCCCC)CCCCCCCCCCCC)Oc2ccc(cc2)O1. The van der Waals surface area contributed by atoms with Crippen LogP contribution in [0.5, 0.6) is 11.5 Å². The maximum atomic E-state index is 6.83. The quantitative estimate of drug-likeness (QED) is 0.0609. The maximum Gasteiger partial charge on any atom is 0.372 e. The molecule has 2 bridgehead atoms. The van der Waals surface area contributed by atoms with Crippen LogP contribution in [-0.2, 0) is 4.74 Å². The average Bonchev–Trinajstić information content (AvgIpc) is 3.61. The van der Waals surface area contributed by atoms with Gasteiger partial charge in [-0.15, -0.1) is 0 Å². The lowest BCUT2D eigenvalue weighted by Crippen LogP contribution is -2.48. The van der Waals surface area contributed by atoms with Crippen LogP contribution in [0, 0.1) is 0 Å². The van der Waals surface area contributed by atoms with Crippen molar-refractivity contribution in [1.29, 1.82) is 0 Å². The summed E-state index contributed by atoms with van der Waals surface area (Å²) in [5.74, 6) is 0.639. The molecule has 382 valence electrons. The van der Waals surface area contributed by atoms with E-state index in [1.807, 2.05) is 24.3 Å². The predicted octanol–water partition coefficient (Wildman–Crippen LogP) is 19.2. The van der Waals surface area contributed by atoms with Crippen LogP contribution in [0.25, 0.3) is 0 Å². The van der Waals surface area contributed by atoms with Gasteiger partial charge in [0.05, 0.1) is 13.0 Å². The minimum atomic E-state index is -1.07. The maximum absolute atomic E-state index is 6.83. The number of hydrogen-bond donors (Lipinski definition) is 0. The smallest absolute Gasteiger partial charge is 0.372 e. The molecule has 0 radical (unpaired) electrons. The largest absolute Gasteiger partial charge is 0.430 e. The highest BCUT2D eigenvalue weighted by Gasteiger charge is 2.39. The summed E-state index contributed by atoms with van der Waals surface area (Å²) in [5, 5.41) is 0. The fraction of sp³-hybridized carbons (Fsp3) is 0.900. The first kappa shape index (κ1) is 59.8. The molecule has 5 nitrogen and oxygen atoms in total. The van der Waals surface area contributed by atoms with Gasteiger partial charge in [0.25, 0.3) is 0 Å². The predicted molar refractivity (Wildman–Crippen MR) is 286 cm³/mol. The van der Waals surface area contributed by atoms with E-state index in [0.717, 1.165) is 37.4 Å². The minimum Gasteiger partial charge on any atom is -0.430 e. The van der Waals surface area contributed by atoms with Crippen molar-refractivity contribution in [3.63, 3.8) is 0 Å². The Morgan fingerprint density at radius 3 is 0.815 bits per heavy atom. The summed E-state index contributed by atoms with van der Waals surface area (Å²) < 4.78 is 20.2. The van der Waals surface area contributed by atoms with Crippen molar-refractivity contribution in [3.05, 3.63) is 24.3 Å². The van der Waals surface area contributed by atoms with Crippen LogP contribution in [0.3, 0.4) is 0 Å². The van der Waals surface area contributed by atoms with E-state index in [2.05, 4.69) is 37.5 Å². The third-order valence-electron chi connectivity index (χ3n) is 14.4. The fourth-order valence-corrected chi connectivity index (χ4v) is 9.96. The van der Waals surface area contributed by atoms with Gasteiger partial charge in [-0.2, -0.15) is 0 Å². The van der Waals surface area contributed by atoms with E-state index in [1.54, 1.807) is 0 Å². The third-order valence-corrected chi connectivity index (χ3v) is 14.4. The van der Waals surface area contributed by atoms with Gasteiger partial charge in [-0.1, -0.05) is 259 Å². The fourth-order valence-electron chi connectivity index (χ4n) is 9.96. The third kappa shape index (κ3) is 35.5. The van der Waals surface area contributed by atoms with Gasteiger partial charge in [-0.25, -0.2) is 0 Å². The zero-order valence-electron chi connectivity index (χ0n) is 44.6. The number of fused-ring (bicyclic) bond motifs is 4. The highest BCUT2D eigenvalue weighted by molar-refractivity contribution is 5.33. The van der Waals surface area contributed by atoms with Gasteiger partial charge in [0, 0.05) is 13.1 Å². The van der Waals surface area contributed by atoms with E-state index in [4.69, 9.17) is 14.2 Å². The molecule has 5 heteroatoms. The summed E-state index contributed by atoms with van der Waals surface area (Å²) in [5.41, 5.74) is 0. The van der Waals surface area contributed by atoms with E-state index in [0.29, 0.717) is 6.61 Å². The molecule has 0 fully saturated rings. The van der Waals surface area contributed by atoms with Gasteiger partial charge in [0.15, 0.2) is 0 Å². The monoisotopic (exact) mass is 911 g/mol. The van der Waals surface area contributed by atoms with Gasteiger partial charge in [-0.3, -0.25) is 0 Å². The summed E-state index contributed by atoms with van der Waals surface area (Å²) in [6.07, 6.45) is 57.4. The van der Waals surface area contributed by atoms with Gasteiger partial charge < -0.3 is 24.0 Å². The number of hydrogen-bond acceptors (Lipinski definition) is 5. The van der Waals surface area contributed by atoms with Gasteiger partial charge in [0.1, 0.15) is 11.5 Å². The highest BCUT2D eigenvalue weighted by atomic mass is 16.9. The Morgan fingerprint density at radius 2 is 0.538 bits per heavy atom. The second-order valence-corrected chi connectivity index (χ2v) is 20.7. The van der Waals surface area contributed by atoms with Crippen molar-refractivity contribution in [1.82, 2.24) is 9.80 Å². The first-order valence-electron chi connectivity index (χ1n) is 29.7. The van der Waals surface area contributed by atoms with Crippen molar-refractivity contribution < 1.29 is 14.2 Å². The van der Waals surface area contributed by atoms with Crippen molar-refractivity contribution in [2.45, 2.75) is 303 Å². The lowest BCUT2D eigenvalue weighted by atomic mass is 10.1. The molecule has 0 N–H and O–H groups in total. The molecule has 0 amide bonds. The Labute approximate surface area is 407 Å². The highest BCUT2D eigenvalue weighted by Crippen LogP contribution is 2.33. The van der Waals surface area contributed by atoms with Crippen LogP contribution in [0.15, 0.2) is 24.3 Å². The molecule has 0 aromatic heterocycles. The Morgan fingerprint density at radius 1 is 0.308 bits per heavy atom. The standard InChI is InChI=1S/C60H114N2O3/c1-5-9-13-17-21-25-29-33-37-41-51-61(52-42-38-34-30-26-22-18-14-10-6-2)55-45-57-63-60(64-58-46-47-59(65-60)49-48-58)50-56-62(53-43-39-35-31-27-23-19-15-11-7-3)54-44-40-36-32-28-24-20-16-12-8-4/h46-49H,5-45,50-57H2,1-4H3. The molecular weight excluding hydrogens is 797 g/mol. The van der Waals surface area contributed by atoms with Crippen molar-refractivity contribution in [2.24, 2.45) is 0 Å². The molecule has 3 rings (SSSR count). The molecule has 1 aromatic rings. The van der Waals surface area contributed by atoms with E-state index < -0.39 is 5.97 Å². The first-order valence-corrected chi connectivity index (χ1v) is 29.7. The van der Waals surface area contributed by atoms with Gasteiger partial charge in [-0.05, 0) is 82.5 Å². The molecule has 2 heterocycles. The molecule has 0 spiro atoms. The van der Waals surface area contributed by atoms with Crippen molar-refractivity contribution >= 4 is 0 Å². The Kier molecular flexibility index (Phi) is 41.6. The number of ether oxygens (including phenoxy) is 3. The van der Waals surface area contributed by atoms with Gasteiger partial charge >= 0.3 is 5.97 Å². The van der Waals surface area contributed by atoms with Crippen molar-refractivity contribution in [3.8, 4) is 11.5 Å². The Bertz CT molecular complexity index is 1020. The lowest BCUT2D eigenvalue weighted by Gasteiger charge is -2.34. The zero-order chi connectivity index (χ0) is 46.4. The van der Waals surface area contributed by atoms with E-state index in [-0.39, 0.29) is 0 Å². The topological polar surface area (TPSA) is 34.2 Å². The van der Waals surface area contributed by atoms with Crippen LogP contribution >= 0.6 is 0 Å². The summed E-state index contributed by atoms with van der Waals surface area (Å²) in [4.78, 5) is 5.48. The van der Waals surface area contributed by atoms with Crippen LogP contribution in [0.1, 0.15) is 297 Å². The average molecular weight is 912 g/mol. The second kappa shape index (κ2) is 45.2. The first-order chi connectivity index (χ1) is 32.1. The molecule has 65 heavy (non-hydrogen) atoms. The molecule has 0 atom stereocenters. The normalized spacial score (nSPS) is 13.3. The van der Waals surface area contributed by atoms with E-state index in [9.17, 15) is 0 Å². The number of unbranched alkanes of at least 4 members (excludes halogenated alkanes) is 36. The molecule has 0 saturated heterocycles. The Balaban J connectivity index is 1.91. The van der Waals surface area contributed by atoms with E-state index in [1.165, 1.54) is 283 Å². The summed E-state index contributed by atoms with van der Waals surface area (Å²) in [7, 11) is 0. The molecule has 0 aliphatic carbocycles. The molecule has 0 saturated carbocycles. The van der Waals surface area contributed by atoms with Crippen LogP contribution in [0.2, 0.25) is 0 Å². The summed E-state index contributed by atoms with van der Waals surface area (Å²) in [6.45, 7) is 16.7. The van der Waals surface area contributed by atoms with Gasteiger partial charge in [0.2, 0.25) is 0 Å². The van der Waals surface area contributed by atoms with Crippen molar-refractivity contribution in [2.75, 3.05) is 45.9 Å². The Hall–Kier alpha value is -1.30. The molecule has 1 aromatic carbocycles. The molecule has 0 unspecified atom stereocenters. The molecular formula is C60H114N2O3. The minimum absolute atomic E-state index is 0.657. The summed E-state index contributed by atoms with van der Waals surface area (Å²) >= 11 is 0. The molecule has 2 aliphatic rings. The number of nitrogens with zero attached hydrogens (tertiary/aromatic N) is 2. The second-order valence-electron chi connectivity index (χ2n) is 20.7. The van der Waals surface area contributed by atoms with Crippen LogP contribution in [-0.4, -0.2) is 61.6 Å². The number of benzene rings is 1. The van der Waals surface area contributed by atoms with E-state index >= 15 is 0 Å². The number of rotatable bonds is 52. The molecule has 2 aliphatic heterocycles. The zero-order valence-corrected chi connectivity index (χ0v) is 44.6. The van der Waals surface area contributed by atoms with Crippen LogP contribution in [0.4, 0.5) is 0 Å². The van der Waals surface area contributed by atoms with Crippen LogP contribution < -0.4 is 9.47 Å².